The monoisotopic (exact) mass is 314 g/mol. The Kier molecular flexibility index (Phi) is 3.69. The fourth-order valence-electron chi connectivity index (χ4n) is 2.43. The molecule has 1 N–H and O–H groups in total. The van der Waals surface area contributed by atoms with Gasteiger partial charge in [-0.3, -0.25) is 13.9 Å². The van der Waals surface area contributed by atoms with Crippen molar-refractivity contribution in [3.63, 3.8) is 0 Å². The molecule has 23 heavy (non-hydrogen) atoms. The van der Waals surface area contributed by atoms with Crippen molar-refractivity contribution < 1.29 is 4.39 Å². The van der Waals surface area contributed by atoms with Gasteiger partial charge in [0.05, 0.1) is 5.69 Å². The van der Waals surface area contributed by atoms with Gasteiger partial charge in [0.25, 0.3) is 5.56 Å². The highest BCUT2D eigenvalue weighted by Gasteiger charge is 2.13. The quantitative estimate of drug-likeness (QED) is 0.793. The van der Waals surface area contributed by atoms with Crippen LogP contribution in [0.4, 0.5) is 10.1 Å². The van der Waals surface area contributed by atoms with Gasteiger partial charge in [0.1, 0.15) is 11.2 Å². The number of hydrogen-bond acceptors (Lipinski definition) is 4. The topological polar surface area (TPSA) is 68.9 Å². The average molecular weight is 314 g/mol. The number of aromatic nitrogens is 3. The van der Waals surface area contributed by atoms with Gasteiger partial charge in [-0.05, 0) is 23.8 Å². The number of pyridine rings is 1. The number of nitrogens with zero attached hydrogens (tertiary/aromatic N) is 3. The highest BCUT2D eigenvalue weighted by atomic mass is 19.1. The van der Waals surface area contributed by atoms with Gasteiger partial charge in [-0.15, -0.1) is 0 Å². The lowest BCUT2D eigenvalue weighted by Gasteiger charge is -2.12. The standard InChI is InChI=1S/C16H15FN4O2/c1-20-14-13(15(22)21(2)16(20)23)12(7-8-18-14)19-9-10-3-5-11(17)6-4-10/h3-8H,9H2,1-2H3,(H,18,19). The molecule has 0 radical (unpaired) electrons. The van der Waals surface area contributed by atoms with Gasteiger partial charge in [0.15, 0.2) is 5.65 Å². The SMILES string of the molecule is Cn1c(=O)c2c(NCc3ccc(F)cc3)ccnc2n(C)c1=O. The molecule has 2 heterocycles. The molecule has 6 nitrogen and oxygen atoms in total. The van der Waals surface area contributed by atoms with Gasteiger partial charge in [-0.25, -0.2) is 14.2 Å². The first-order chi connectivity index (χ1) is 11.0. The molecule has 0 atom stereocenters. The van der Waals surface area contributed by atoms with Crippen molar-refractivity contribution in [1.82, 2.24) is 14.1 Å². The van der Waals surface area contributed by atoms with Gasteiger partial charge < -0.3 is 5.32 Å². The van der Waals surface area contributed by atoms with E-state index in [0.29, 0.717) is 23.3 Å². The van der Waals surface area contributed by atoms with Crippen LogP contribution in [0.25, 0.3) is 11.0 Å². The summed E-state index contributed by atoms with van der Waals surface area (Å²) in [7, 11) is 3.00. The van der Waals surface area contributed by atoms with Gasteiger partial charge in [-0.1, -0.05) is 12.1 Å². The Balaban J connectivity index is 2.06. The fraction of sp³-hybridized carbons (Fsp3) is 0.188. The van der Waals surface area contributed by atoms with Crippen molar-refractivity contribution in [3.8, 4) is 0 Å². The smallest absolute Gasteiger partial charge is 0.332 e. The molecule has 3 rings (SSSR count). The van der Waals surface area contributed by atoms with E-state index in [1.165, 1.54) is 29.9 Å². The average Bonchev–Trinajstić information content (AvgIpc) is 2.57. The minimum atomic E-state index is -0.425. The van der Waals surface area contributed by atoms with E-state index in [4.69, 9.17) is 0 Å². The minimum absolute atomic E-state index is 0.299. The van der Waals surface area contributed by atoms with Gasteiger partial charge in [0.2, 0.25) is 0 Å². The van der Waals surface area contributed by atoms with E-state index < -0.39 is 11.2 Å². The van der Waals surface area contributed by atoms with Crippen LogP contribution in [-0.2, 0) is 20.6 Å². The lowest BCUT2D eigenvalue weighted by Crippen LogP contribution is -2.37. The molecule has 0 spiro atoms. The van der Waals surface area contributed by atoms with Gasteiger partial charge in [0, 0.05) is 26.8 Å². The third-order valence-corrected chi connectivity index (χ3v) is 3.74. The van der Waals surface area contributed by atoms with Crippen LogP contribution in [0.1, 0.15) is 5.56 Å². The second-order valence-electron chi connectivity index (χ2n) is 5.24. The maximum absolute atomic E-state index is 12.9. The van der Waals surface area contributed by atoms with Crippen LogP contribution in [0.2, 0.25) is 0 Å². The van der Waals surface area contributed by atoms with E-state index in [1.807, 2.05) is 0 Å². The van der Waals surface area contributed by atoms with Gasteiger partial charge in [-0.2, -0.15) is 0 Å². The first-order valence-corrected chi connectivity index (χ1v) is 7.02. The van der Waals surface area contributed by atoms with Crippen LogP contribution in [0, 0.1) is 5.82 Å². The third-order valence-electron chi connectivity index (χ3n) is 3.74. The highest BCUT2D eigenvalue weighted by molar-refractivity contribution is 5.87. The summed E-state index contributed by atoms with van der Waals surface area (Å²) in [4.78, 5) is 28.5. The second-order valence-corrected chi connectivity index (χ2v) is 5.24. The number of fused-ring (bicyclic) bond motifs is 1. The molecule has 3 aromatic rings. The Morgan fingerprint density at radius 3 is 2.48 bits per heavy atom. The molecule has 0 unspecified atom stereocenters. The molecule has 0 amide bonds. The lowest BCUT2D eigenvalue weighted by atomic mass is 10.2. The number of nitrogens with one attached hydrogen (secondary N) is 1. The predicted molar refractivity (Wildman–Crippen MR) is 86.0 cm³/mol. The van der Waals surface area contributed by atoms with Crippen LogP contribution in [0.15, 0.2) is 46.1 Å². The van der Waals surface area contributed by atoms with E-state index >= 15 is 0 Å². The predicted octanol–water partition coefficient (Wildman–Crippen LogP) is 1.38. The molecule has 0 bridgehead atoms. The zero-order valence-corrected chi connectivity index (χ0v) is 12.7. The Bertz CT molecular complexity index is 990. The molecule has 0 aliphatic heterocycles. The normalized spacial score (nSPS) is 10.9. The molecule has 0 fully saturated rings. The molecule has 118 valence electrons. The Morgan fingerprint density at radius 1 is 1.09 bits per heavy atom. The molecule has 0 saturated heterocycles. The zero-order chi connectivity index (χ0) is 16.6. The molecular formula is C16H15FN4O2. The zero-order valence-electron chi connectivity index (χ0n) is 12.7. The van der Waals surface area contributed by atoms with E-state index in [1.54, 1.807) is 25.2 Å². The molecular weight excluding hydrogens is 299 g/mol. The molecule has 2 aromatic heterocycles. The van der Waals surface area contributed by atoms with Crippen LogP contribution < -0.4 is 16.6 Å². The Hall–Kier alpha value is -2.96. The van der Waals surface area contributed by atoms with Crippen LogP contribution in [0.3, 0.4) is 0 Å². The Labute approximate surface area is 130 Å². The van der Waals surface area contributed by atoms with E-state index in [-0.39, 0.29) is 5.82 Å². The summed E-state index contributed by atoms with van der Waals surface area (Å²) in [6.45, 7) is 0.422. The van der Waals surface area contributed by atoms with Crippen molar-refractivity contribution in [3.05, 3.63) is 68.7 Å². The van der Waals surface area contributed by atoms with Crippen LogP contribution in [0.5, 0.6) is 0 Å². The molecule has 0 saturated carbocycles. The van der Waals surface area contributed by atoms with Crippen molar-refractivity contribution >= 4 is 16.7 Å². The van der Waals surface area contributed by atoms with Crippen LogP contribution in [-0.4, -0.2) is 14.1 Å². The molecule has 1 aromatic carbocycles. The van der Waals surface area contributed by atoms with Crippen molar-refractivity contribution in [1.29, 1.82) is 0 Å². The summed E-state index contributed by atoms with van der Waals surface area (Å²) >= 11 is 0. The third kappa shape index (κ3) is 2.61. The summed E-state index contributed by atoms with van der Waals surface area (Å²) in [6, 6.07) is 7.77. The van der Waals surface area contributed by atoms with Crippen molar-refractivity contribution in [2.24, 2.45) is 14.1 Å². The highest BCUT2D eigenvalue weighted by Crippen LogP contribution is 2.17. The number of halogens is 1. The maximum atomic E-state index is 12.9. The molecule has 0 aliphatic rings. The lowest BCUT2D eigenvalue weighted by molar-refractivity contribution is 0.627. The first kappa shape index (κ1) is 15.0. The van der Waals surface area contributed by atoms with Gasteiger partial charge >= 0.3 is 5.69 Å². The fourth-order valence-corrected chi connectivity index (χ4v) is 2.43. The summed E-state index contributed by atoms with van der Waals surface area (Å²) in [5, 5.41) is 3.49. The summed E-state index contributed by atoms with van der Waals surface area (Å²) in [6.07, 6.45) is 1.54. The number of rotatable bonds is 3. The number of hydrogen-bond donors (Lipinski definition) is 1. The summed E-state index contributed by atoms with van der Waals surface area (Å²) < 4.78 is 15.3. The summed E-state index contributed by atoms with van der Waals surface area (Å²) in [5.74, 6) is -0.299. The molecule has 0 aliphatic carbocycles. The number of anilines is 1. The largest absolute Gasteiger partial charge is 0.380 e. The van der Waals surface area contributed by atoms with E-state index in [0.717, 1.165) is 10.1 Å². The maximum Gasteiger partial charge on any atom is 0.332 e. The Morgan fingerprint density at radius 2 is 1.78 bits per heavy atom. The first-order valence-electron chi connectivity index (χ1n) is 7.02. The second kappa shape index (κ2) is 5.68. The van der Waals surface area contributed by atoms with Crippen molar-refractivity contribution in [2.45, 2.75) is 6.54 Å². The van der Waals surface area contributed by atoms with E-state index in [2.05, 4.69) is 10.3 Å². The number of aryl methyl sites for hydroxylation is 1. The number of benzene rings is 1. The summed E-state index contributed by atoms with van der Waals surface area (Å²) in [5.41, 5.74) is 0.944. The minimum Gasteiger partial charge on any atom is -0.380 e. The van der Waals surface area contributed by atoms with E-state index in [9.17, 15) is 14.0 Å². The molecule has 7 heteroatoms. The van der Waals surface area contributed by atoms with Crippen LogP contribution >= 0.6 is 0 Å². The van der Waals surface area contributed by atoms with Crippen molar-refractivity contribution in [2.75, 3.05) is 5.32 Å².